The average molecular weight is 300 g/mol. The van der Waals surface area contributed by atoms with Gasteiger partial charge in [-0.2, -0.15) is 5.10 Å². The summed E-state index contributed by atoms with van der Waals surface area (Å²) in [5, 5.41) is 6.83. The van der Waals surface area contributed by atoms with Crippen molar-refractivity contribution in [2.24, 2.45) is 5.10 Å². The Morgan fingerprint density at radius 3 is 2.23 bits per heavy atom. The summed E-state index contributed by atoms with van der Waals surface area (Å²) < 4.78 is 12.8. The van der Waals surface area contributed by atoms with Gasteiger partial charge in [0.1, 0.15) is 5.82 Å². The van der Waals surface area contributed by atoms with Crippen molar-refractivity contribution in [2.45, 2.75) is 0 Å². The molecule has 0 radical (unpaired) electrons. The van der Waals surface area contributed by atoms with Crippen LogP contribution in [0.25, 0.3) is 0 Å². The SMILES string of the molecule is CN(C)/C(=N\Nc1ccc(F)cc1)C(=O)Nc1ccccc1. The molecule has 6 heteroatoms. The van der Waals surface area contributed by atoms with Crippen molar-refractivity contribution in [3.05, 3.63) is 60.4 Å². The molecule has 0 aliphatic heterocycles. The molecule has 2 N–H and O–H groups in total. The minimum absolute atomic E-state index is 0.202. The number of hydrogen-bond acceptors (Lipinski definition) is 3. The van der Waals surface area contributed by atoms with Gasteiger partial charge in [0.15, 0.2) is 0 Å². The second-order valence-corrected chi connectivity index (χ2v) is 4.77. The number of benzene rings is 2. The summed E-state index contributed by atoms with van der Waals surface area (Å²) in [7, 11) is 3.44. The smallest absolute Gasteiger partial charge is 0.293 e. The molecule has 0 saturated heterocycles. The van der Waals surface area contributed by atoms with Crippen LogP contribution in [0.3, 0.4) is 0 Å². The number of amides is 1. The van der Waals surface area contributed by atoms with E-state index in [1.165, 1.54) is 12.1 Å². The molecule has 0 atom stereocenters. The van der Waals surface area contributed by atoms with Crippen LogP contribution in [0, 0.1) is 5.82 Å². The largest absolute Gasteiger partial charge is 0.357 e. The van der Waals surface area contributed by atoms with Crippen molar-refractivity contribution in [1.82, 2.24) is 4.90 Å². The minimum atomic E-state index is -0.342. The second-order valence-electron chi connectivity index (χ2n) is 4.77. The number of nitrogens with zero attached hydrogens (tertiary/aromatic N) is 2. The van der Waals surface area contributed by atoms with Gasteiger partial charge in [-0.05, 0) is 36.4 Å². The van der Waals surface area contributed by atoms with Gasteiger partial charge in [-0.25, -0.2) is 4.39 Å². The third kappa shape index (κ3) is 4.31. The lowest BCUT2D eigenvalue weighted by atomic mass is 10.3. The number of rotatable bonds is 3. The highest BCUT2D eigenvalue weighted by Crippen LogP contribution is 2.09. The van der Waals surface area contributed by atoms with Crippen LogP contribution in [-0.4, -0.2) is 30.7 Å². The van der Waals surface area contributed by atoms with Gasteiger partial charge in [-0.1, -0.05) is 18.2 Å². The van der Waals surface area contributed by atoms with Crippen molar-refractivity contribution < 1.29 is 9.18 Å². The van der Waals surface area contributed by atoms with E-state index in [0.717, 1.165) is 0 Å². The fourth-order valence-electron chi connectivity index (χ4n) is 1.70. The molecule has 0 bridgehead atoms. The summed E-state index contributed by atoms with van der Waals surface area (Å²) in [5.74, 6) is -0.469. The monoisotopic (exact) mass is 300 g/mol. The third-order valence-electron chi connectivity index (χ3n) is 2.79. The number of halogens is 1. The van der Waals surface area contributed by atoms with Gasteiger partial charge in [0.05, 0.1) is 5.69 Å². The van der Waals surface area contributed by atoms with Crippen molar-refractivity contribution in [3.63, 3.8) is 0 Å². The van der Waals surface area contributed by atoms with Gasteiger partial charge in [0, 0.05) is 19.8 Å². The maximum absolute atomic E-state index is 12.8. The lowest BCUT2D eigenvalue weighted by Crippen LogP contribution is -2.35. The molecule has 2 aromatic carbocycles. The van der Waals surface area contributed by atoms with Crippen molar-refractivity contribution in [2.75, 3.05) is 24.8 Å². The number of amidine groups is 1. The van der Waals surface area contributed by atoms with Crippen molar-refractivity contribution in [1.29, 1.82) is 0 Å². The Bertz CT molecular complexity index is 654. The molecule has 0 aliphatic carbocycles. The van der Waals surface area contributed by atoms with E-state index in [1.807, 2.05) is 18.2 Å². The van der Waals surface area contributed by atoms with E-state index in [2.05, 4.69) is 15.8 Å². The van der Waals surface area contributed by atoms with E-state index in [-0.39, 0.29) is 17.6 Å². The van der Waals surface area contributed by atoms with E-state index in [1.54, 1.807) is 43.3 Å². The fourth-order valence-corrected chi connectivity index (χ4v) is 1.70. The number of carbonyl (C=O) groups excluding carboxylic acids is 1. The molecule has 0 unspecified atom stereocenters. The van der Waals surface area contributed by atoms with Crippen LogP contribution in [0.2, 0.25) is 0 Å². The van der Waals surface area contributed by atoms with Crippen LogP contribution in [0.15, 0.2) is 59.7 Å². The Kier molecular flexibility index (Phi) is 5.08. The van der Waals surface area contributed by atoms with E-state index >= 15 is 0 Å². The maximum Gasteiger partial charge on any atom is 0.293 e. The molecule has 0 heterocycles. The summed E-state index contributed by atoms with van der Waals surface area (Å²) in [4.78, 5) is 13.8. The average Bonchev–Trinajstić information content (AvgIpc) is 2.50. The zero-order valence-corrected chi connectivity index (χ0v) is 12.4. The number of nitrogens with one attached hydrogen (secondary N) is 2. The maximum atomic E-state index is 12.8. The molecule has 0 fully saturated rings. The summed E-state index contributed by atoms with van der Waals surface area (Å²) in [5.41, 5.74) is 4.01. The van der Waals surface area contributed by atoms with E-state index in [9.17, 15) is 9.18 Å². The first-order valence-electron chi connectivity index (χ1n) is 6.69. The lowest BCUT2D eigenvalue weighted by Gasteiger charge is -2.15. The van der Waals surface area contributed by atoms with Gasteiger partial charge in [-0.3, -0.25) is 10.2 Å². The Balaban J connectivity index is 2.10. The van der Waals surface area contributed by atoms with Gasteiger partial charge >= 0.3 is 0 Å². The van der Waals surface area contributed by atoms with Gasteiger partial charge < -0.3 is 10.2 Å². The number of anilines is 2. The molecule has 5 nitrogen and oxygen atoms in total. The molecule has 0 aromatic heterocycles. The number of para-hydroxylation sites is 1. The van der Waals surface area contributed by atoms with Gasteiger partial charge in [-0.15, -0.1) is 0 Å². The highest BCUT2D eigenvalue weighted by molar-refractivity contribution is 6.42. The first-order chi connectivity index (χ1) is 10.6. The Morgan fingerprint density at radius 2 is 1.64 bits per heavy atom. The molecule has 114 valence electrons. The van der Waals surface area contributed by atoms with Crippen molar-refractivity contribution >= 4 is 23.1 Å². The fraction of sp³-hybridized carbons (Fsp3) is 0.125. The molecule has 0 spiro atoms. The molecule has 0 saturated carbocycles. The molecular formula is C16H17FN4O. The molecule has 2 rings (SSSR count). The Labute approximate surface area is 128 Å². The van der Waals surface area contributed by atoms with Crippen LogP contribution < -0.4 is 10.7 Å². The second kappa shape index (κ2) is 7.21. The van der Waals surface area contributed by atoms with Gasteiger partial charge in [0.25, 0.3) is 5.91 Å². The molecule has 0 aliphatic rings. The lowest BCUT2D eigenvalue weighted by molar-refractivity contribution is -0.110. The van der Waals surface area contributed by atoms with Crippen LogP contribution >= 0.6 is 0 Å². The van der Waals surface area contributed by atoms with Crippen LogP contribution in [0.4, 0.5) is 15.8 Å². The summed E-state index contributed by atoms with van der Waals surface area (Å²) in [6.45, 7) is 0. The predicted octanol–water partition coefficient (Wildman–Crippen LogP) is 2.75. The first-order valence-corrected chi connectivity index (χ1v) is 6.69. The molecule has 1 amide bonds. The highest BCUT2D eigenvalue weighted by atomic mass is 19.1. The standard InChI is InChI=1S/C16H17FN4O/c1-21(2)15(16(22)18-13-6-4-3-5-7-13)20-19-14-10-8-12(17)9-11-14/h3-11,19H,1-2H3,(H,18,22)/b20-15-. The zero-order chi connectivity index (χ0) is 15.9. The zero-order valence-electron chi connectivity index (χ0n) is 12.4. The first kappa shape index (κ1) is 15.5. The number of hydrogen-bond donors (Lipinski definition) is 2. The summed E-state index contributed by atoms with van der Waals surface area (Å²) in [6, 6.07) is 14.8. The Morgan fingerprint density at radius 1 is 1.00 bits per heavy atom. The number of hydrazone groups is 1. The highest BCUT2D eigenvalue weighted by Gasteiger charge is 2.14. The molecular weight excluding hydrogens is 283 g/mol. The normalized spacial score (nSPS) is 11.0. The minimum Gasteiger partial charge on any atom is -0.357 e. The predicted molar refractivity (Wildman–Crippen MR) is 86.2 cm³/mol. The van der Waals surface area contributed by atoms with Gasteiger partial charge in [0.2, 0.25) is 5.84 Å². The van der Waals surface area contributed by atoms with E-state index < -0.39 is 0 Å². The molecule has 22 heavy (non-hydrogen) atoms. The summed E-state index contributed by atoms with van der Waals surface area (Å²) >= 11 is 0. The Hall–Kier alpha value is -2.89. The van der Waals surface area contributed by atoms with E-state index in [4.69, 9.17) is 0 Å². The third-order valence-corrected chi connectivity index (χ3v) is 2.79. The summed E-state index contributed by atoms with van der Waals surface area (Å²) in [6.07, 6.45) is 0. The topological polar surface area (TPSA) is 56.7 Å². The number of carbonyl (C=O) groups is 1. The van der Waals surface area contributed by atoms with Crippen molar-refractivity contribution in [3.8, 4) is 0 Å². The van der Waals surface area contributed by atoms with E-state index in [0.29, 0.717) is 11.4 Å². The van der Waals surface area contributed by atoms with Crippen LogP contribution in [0.1, 0.15) is 0 Å². The van der Waals surface area contributed by atoms with Crippen LogP contribution in [-0.2, 0) is 4.79 Å². The molecule has 2 aromatic rings. The quantitative estimate of drug-likeness (QED) is 0.520. The number of likely N-dealkylation sites (N-methyl/N-ethyl adjacent to an activating group) is 1. The van der Waals surface area contributed by atoms with Crippen LogP contribution in [0.5, 0.6) is 0 Å².